The first-order valence-electron chi connectivity index (χ1n) is 7.51. The zero-order valence-corrected chi connectivity index (χ0v) is 13.9. The van der Waals surface area contributed by atoms with Crippen molar-refractivity contribution in [2.45, 2.75) is 39.7 Å². The molecule has 2 N–H and O–H groups in total. The van der Waals surface area contributed by atoms with Crippen LogP contribution < -0.4 is 10.0 Å². The van der Waals surface area contributed by atoms with Gasteiger partial charge in [-0.3, -0.25) is 4.79 Å². The van der Waals surface area contributed by atoms with E-state index in [-0.39, 0.29) is 18.4 Å². The van der Waals surface area contributed by atoms with Gasteiger partial charge in [0.15, 0.2) is 0 Å². The number of ether oxygens (including phenoxy) is 1. The molecule has 0 aromatic rings. The minimum Gasteiger partial charge on any atom is -0.466 e. The molecule has 8 heteroatoms. The first-order valence-corrected chi connectivity index (χ1v) is 8.95. The number of piperidine rings is 1. The largest absolute Gasteiger partial charge is 0.466 e. The first kappa shape index (κ1) is 18.3. The lowest BCUT2D eigenvalue weighted by Crippen LogP contribution is -2.49. The summed E-state index contributed by atoms with van der Waals surface area (Å²) in [5.41, 5.74) is 0. The van der Waals surface area contributed by atoms with Gasteiger partial charge in [0.05, 0.1) is 12.5 Å². The average molecular weight is 321 g/mol. The molecule has 0 aliphatic carbocycles. The predicted octanol–water partition coefficient (Wildman–Crippen LogP) is 0.0939. The Morgan fingerprint density at radius 1 is 1.38 bits per heavy atom. The molecular weight excluding hydrogens is 294 g/mol. The van der Waals surface area contributed by atoms with Crippen LogP contribution in [0.3, 0.4) is 0 Å². The molecule has 0 aromatic heterocycles. The van der Waals surface area contributed by atoms with E-state index in [1.165, 1.54) is 4.31 Å². The number of carbonyl (C=O) groups is 1. The van der Waals surface area contributed by atoms with E-state index in [4.69, 9.17) is 4.74 Å². The molecule has 0 spiro atoms. The van der Waals surface area contributed by atoms with Crippen molar-refractivity contribution in [3.05, 3.63) is 0 Å². The summed E-state index contributed by atoms with van der Waals surface area (Å²) in [5.74, 6) is -0.664. The summed E-state index contributed by atoms with van der Waals surface area (Å²) in [7, 11) is -3.53. The molecule has 1 heterocycles. The second-order valence-electron chi connectivity index (χ2n) is 5.46. The maximum absolute atomic E-state index is 12.2. The van der Waals surface area contributed by atoms with Crippen molar-refractivity contribution in [1.29, 1.82) is 0 Å². The van der Waals surface area contributed by atoms with Gasteiger partial charge < -0.3 is 10.1 Å². The van der Waals surface area contributed by atoms with Crippen LogP contribution in [0.5, 0.6) is 0 Å². The second-order valence-corrected chi connectivity index (χ2v) is 7.21. The molecule has 0 saturated carbocycles. The van der Waals surface area contributed by atoms with Gasteiger partial charge in [-0.2, -0.15) is 12.7 Å². The standard InChI is InChI=1S/C13H27N3O4S/c1-4-20-13(17)12-6-5-9-16(10-12)21(18,19)15-8-7-14-11(2)3/h11-12,14-15H,4-10H2,1-3H3. The fourth-order valence-corrected chi connectivity index (χ4v) is 3.53. The number of hydrogen-bond acceptors (Lipinski definition) is 5. The molecule has 1 atom stereocenters. The summed E-state index contributed by atoms with van der Waals surface area (Å²) in [5, 5.41) is 3.15. The van der Waals surface area contributed by atoms with Crippen molar-refractivity contribution < 1.29 is 17.9 Å². The van der Waals surface area contributed by atoms with Crippen molar-refractivity contribution in [3.8, 4) is 0 Å². The highest BCUT2D eigenvalue weighted by Crippen LogP contribution is 2.19. The number of rotatable bonds is 8. The molecule has 1 fully saturated rings. The summed E-state index contributed by atoms with van der Waals surface area (Å²) >= 11 is 0. The molecule has 1 aliphatic rings. The van der Waals surface area contributed by atoms with Gasteiger partial charge in [0.2, 0.25) is 0 Å². The minimum absolute atomic E-state index is 0.200. The van der Waals surface area contributed by atoms with E-state index in [2.05, 4.69) is 10.0 Å². The third-order valence-electron chi connectivity index (χ3n) is 3.31. The second kappa shape index (κ2) is 8.67. The molecule has 1 rings (SSSR count). The molecule has 124 valence electrons. The third-order valence-corrected chi connectivity index (χ3v) is 4.89. The van der Waals surface area contributed by atoms with E-state index in [0.717, 1.165) is 0 Å². The lowest BCUT2D eigenvalue weighted by molar-refractivity contribution is -0.149. The van der Waals surface area contributed by atoms with Gasteiger partial charge in [-0.15, -0.1) is 0 Å². The van der Waals surface area contributed by atoms with E-state index in [0.29, 0.717) is 45.1 Å². The van der Waals surface area contributed by atoms with Gasteiger partial charge in [0, 0.05) is 32.2 Å². The van der Waals surface area contributed by atoms with Crippen LogP contribution in [-0.4, -0.2) is 57.5 Å². The van der Waals surface area contributed by atoms with Crippen LogP contribution >= 0.6 is 0 Å². The molecular formula is C13H27N3O4S. The summed E-state index contributed by atoms with van der Waals surface area (Å²) < 4.78 is 33.3. The van der Waals surface area contributed by atoms with Crippen LogP contribution in [0.1, 0.15) is 33.6 Å². The maximum Gasteiger partial charge on any atom is 0.310 e. The Balaban J connectivity index is 2.48. The smallest absolute Gasteiger partial charge is 0.310 e. The maximum atomic E-state index is 12.2. The van der Waals surface area contributed by atoms with Gasteiger partial charge in [-0.1, -0.05) is 13.8 Å². The Labute approximate surface area is 127 Å². The topological polar surface area (TPSA) is 87.7 Å². The molecule has 1 saturated heterocycles. The molecule has 1 aliphatic heterocycles. The number of nitrogens with zero attached hydrogens (tertiary/aromatic N) is 1. The van der Waals surface area contributed by atoms with Crippen LogP contribution in [0.2, 0.25) is 0 Å². The van der Waals surface area contributed by atoms with Gasteiger partial charge in [0.25, 0.3) is 10.2 Å². The molecule has 7 nitrogen and oxygen atoms in total. The van der Waals surface area contributed by atoms with Crippen molar-refractivity contribution >= 4 is 16.2 Å². The predicted molar refractivity (Wildman–Crippen MR) is 81.0 cm³/mol. The van der Waals surface area contributed by atoms with Crippen LogP contribution in [0, 0.1) is 5.92 Å². The quantitative estimate of drug-likeness (QED) is 0.489. The highest BCUT2D eigenvalue weighted by atomic mass is 32.2. The number of hydrogen-bond donors (Lipinski definition) is 2. The lowest BCUT2D eigenvalue weighted by atomic mass is 10.0. The fraction of sp³-hybridized carbons (Fsp3) is 0.923. The van der Waals surface area contributed by atoms with Crippen molar-refractivity contribution in [2.24, 2.45) is 5.92 Å². The molecule has 0 radical (unpaired) electrons. The SMILES string of the molecule is CCOC(=O)C1CCCN(S(=O)(=O)NCCNC(C)C)C1. The van der Waals surface area contributed by atoms with E-state index >= 15 is 0 Å². The number of nitrogens with one attached hydrogen (secondary N) is 2. The number of esters is 1. The minimum atomic E-state index is -3.53. The molecule has 1 unspecified atom stereocenters. The van der Waals surface area contributed by atoms with Crippen LogP contribution in [0.4, 0.5) is 0 Å². The van der Waals surface area contributed by atoms with E-state index in [1.54, 1.807) is 6.92 Å². The van der Waals surface area contributed by atoms with E-state index < -0.39 is 10.2 Å². The molecule has 21 heavy (non-hydrogen) atoms. The zero-order chi connectivity index (χ0) is 15.9. The van der Waals surface area contributed by atoms with E-state index in [9.17, 15) is 13.2 Å². The summed E-state index contributed by atoms with van der Waals surface area (Å²) in [4.78, 5) is 11.7. The van der Waals surface area contributed by atoms with Crippen LogP contribution in [0.15, 0.2) is 0 Å². The van der Waals surface area contributed by atoms with Gasteiger partial charge in [-0.05, 0) is 19.8 Å². The monoisotopic (exact) mass is 321 g/mol. The molecule has 0 amide bonds. The first-order chi connectivity index (χ1) is 9.86. The van der Waals surface area contributed by atoms with Crippen molar-refractivity contribution in [1.82, 2.24) is 14.3 Å². The Morgan fingerprint density at radius 2 is 2.10 bits per heavy atom. The summed E-state index contributed by atoms with van der Waals surface area (Å²) in [6.07, 6.45) is 1.36. The average Bonchev–Trinajstić information content (AvgIpc) is 2.44. The van der Waals surface area contributed by atoms with Gasteiger partial charge in [0.1, 0.15) is 0 Å². The number of carbonyl (C=O) groups excluding carboxylic acids is 1. The zero-order valence-electron chi connectivity index (χ0n) is 13.1. The third kappa shape index (κ3) is 6.29. The normalized spacial score (nSPS) is 20.7. The molecule has 0 bridgehead atoms. The summed E-state index contributed by atoms with van der Waals surface area (Å²) in [6.45, 7) is 7.63. The Bertz CT molecular complexity index is 425. The van der Waals surface area contributed by atoms with Crippen LogP contribution in [-0.2, 0) is 19.7 Å². The van der Waals surface area contributed by atoms with Crippen molar-refractivity contribution in [3.63, 3.8) is 0 Å². The van der Waals surface area contributed by atoms with Gasteiger partial charge in [-0.25, -0.2) is 4.72 Å². The van der Waals surface area contributed by atoms with E-state index in [1.807, 2.05) is 13.8 Å². The van der Waals surface area contributed by atoms with Gasteiger partial charge >= 0.3 is 5.97 Å². The summed E-state index contributed by atoms with van der Waals surface area (Å²) in [6, 6.07) is 0.317. The van der Waals surface area contributed by atoms with Crippen molar-refractivity contribution in [2.75, 3.05) is 32.8 Å². The Hall–Kier alpha value is -0.700. The Morgan fingerprint density at radius 3 is 2.71 bits per heavy atom. The molecule has 0 aromatic carbocycles. The highest BCUT2D eigenvalue weighted by molar-refractivity contribution is 7.87. The Kier molecular flexibility index (Phi) is 7.58. The lowest BCUT2D eigenvalue weighted by Gasteiger charge is -2.30. The van der Waals surface area contributed by atoms with Crippen LogP contribution in [0.25, 0.3) is 0 Å². The highest BCUT2D eigenvalue weighted by Gasteiger charge is 2.32. The fourth-order valence-electron chi connectivity index (χ4n) is 2.25.